The predicted molar refractivity (Wildman–Crippen MR) is 119 cm³/mol. The molecule has 134 valence electrons. The molecule has 0 spiro atoms. The van der Waals surface area contributed by atoms with Crippen LogP contribution in [0.2, 0.25) is 0 Å². The number of rotatable bonds is 2. The standard InChI is InChI=1S/C25H18N2S/c1-2-8-19(9-3-1)14-15-25-22(21-11-5-7-13-24(21)28-25)18-26-27-17-16-20-10-4-6-12-23(20)27/h1-13,18H,16-17H2/b26-18+. The van der Waals surface area contributed by atoms with Gasteiger partial charge < -0.3 is 0 Å². The summed E-state index contributed by atoms with van der Waals surface area (Å²) in [5.74, 6) is 6.66. The molecule has 0 radical (unpaired) electrons. The second-order valence-electron chi connectivity index (χ2n) is 6.70. The summed E-state index contributed by atoms with van der Waals surface area (Å²) in [4.78, 5) is 1.06. The zero-order valence-corrected chi connectivity index (χ0v) is 16.1. The van der Waals surface area contributed by atoms with Gasteiger partial charge in [0.15, 0.2) is 0 Å². The minimum atomic E-state index is 0.920. The summed E-state index contributed by atoms with van der Waals surface area (Å²) in [5.41, 5.74) is 4.69. The Morgan fingerprint density at radius 3 is 2.57 bits per heavy atom. The van der Waals surface area contributed by atoms with Gasteiger partial charge in [-0.05, 0) is 42.2 Å². The van der Waals surface area contributed by atoms with Crippen LogP contribution in [0, 0.1) is 11.8 Å². The number of hydrazone groups is 1. The molecular formula is C25H18N2S. The molecule has 0 unspecified atom stereocenters. The quantitative estimate of drug-likeness (QED) is 0.323. The van der Waals surface area contributed by atoms with Crippen LogP contribution in [-0.4, -0.2) is 12.8 Å². The van der Waals surface area contributed by atoms with Crippen molar-refractivity contribution in [3.05, 3.63) is 100 Å². The minimum Gasteiger partial charge on any atom is -0.265 e. The smallest absolute Gasteiger partial charge is 0.0873 e. The van der Waals surface area contributed by atoms with E-state index in [9.17, 15) is 0 Å². The van der Waals surface area contributed by atoms with E-state index < -0.39 is 0 Å². The molecule has 4 aromatic rings. The Hall–Kier alpha value is -3.35. The third-order valence-corrected chi connectivity index (χ3v) is 6.02. The molecule has 2 nitrogen and oxygen atoms in total. The van der Waals surface area contributed by atoms with Crippen LogP contribution in [0.1, 0.15) is 21.6 Å². The van der Waals surface area contributed by atoms with Gasteiger partial charge >= 0.3 is 0 Å². The number of hydrogen-bond acceptors (Lipinski definition) is 3. The molecule has 1 aliphatic heterocycles. The maximum atomic E-state index is 4.82. The summed E-state index contributed by atoms with van der Waals surface area (Å²) < 4.78 is 1.24. The van der Waals surface area contributed by atoms with Crippen LogP contribution < -0.4 is 5.01 Å². The molecule has 3 aromatic carbocycles. The number of anilines is 1. The molecule has 3 heteroatoms. The van der Waals surface area contributed by atoms with Crippen molar-refractivity contribution in [2.45, 2.75) is 6.42 Å². The Bertz CT molecular complexity index is 1230. The van der Waals surface area contributed by atoms with E-state index in [2.05, 4.69) is 65.4 Å². The molecule has 0 bridgehead atoms. The molecule has 0 atom stereocenters. The zero-order chi connectivity index (χ0) is 18.8. The highest BCUT2D eigenvalue weighted by Crippen LogP contribution is 2.31. The summed E-state index contributed by atoms with van der Waals surface area (Å²) in [5, 5.41) is 8.12. The van der Waals surface area contributed by atoms with Crippen LogP contribution in [0.5, 0.6) is 0 Å². The largest absolute Gasteiger partial charge is 0.265 e. The van der Waals surface area contributed by atoms with Gasteiger partial charge in [-0.25, -0.2) is 0 Å². The minimum absolute atomic E-state index is 0.920. The lowest BCUT2D eigenvalue weighted by atomic mass is 10.1. The number of para-hydroxylation sites is 1. The second kappa shape index (κ2) is 7.34. The van der Waals surface area contributed by atoms with E-state index in [1.54, 1.807) is 11.3 Å². The summed E-state index contributed by atoms with van der Waals surface area (Å²) in [7, 11) is 0. The number of thiophene rings is 1. The number of hydrogen-bond donors (Lipinski definition) is 0. The molecule has 1 aliphatic rings. The molecule has 2 heterocycles. The lowest BCUT2D eigenvalue weighted by molar-refractivity contribution is 0.896. The molecule has 1 aromatic heterocycles. The van der Waals surface area contributed by atoms with Crippen LogP contribution in [0.25, 0.3) is 10.1 Å². The normalized spacial score (nSPS) is 12.9. The first kappa shape index (κ1) is 16.8. The van der Waals surface area contributed by atoms with Gasteiger partial charge in [0, 0.05) is 27.8 Å². The maximum Gasteiger partial charge on any atom is 0.0873 e. The Balaban J connectivity index is 1.54. The van der Waals surface area contributed by atoms with Crippen molar-refractivity contribution in [1.82, 2.24) is 0 Å². The number of fused-ring (bicyclic) bond motifs is 2. The zero-order valence-electron chi connectivity index (χ0n) is 15.3. The van der Waals surface area contributed by atoms with Gasteiger partial charge in [-0.15, -0.1) is 11.3 Å². The van der Waals surface area contributed by atoms with Crippen molar-refractivity contribution in [2.24, 2.45) is 5.10 Å². The first-order valence-corrected chi connectivity index (χ1v) is 10.2. The third-order valence-electron chi connectivity index (χ3n) is 4.92. The number of benzene rings is 3. The van der Waals surface area contributed by atoms with Crippen LogP contribution >= 0.6 is 11.3 Å². The maximum absolute atomic E-state index is 4.82. The molecule has 0 saturated heterocycles. The fraction of sp³-hybridized carbons (Fsp3) is 0.0800. The third kappa shape index (κ3) is 3.19. The highest BCUT2D eigenvalue weighted by Gasteiger charge is 2.17. The van der Waals surface area contributed by atoms with Crippen molar-refractivity contribution in [2.75, 3.05) is 11.6 Å². The van der Waals surface area contributed by atoms with E-state index in [-0.39, 0.29) is 0 Å². The van der Waals surface area contributed by atoms with E-state index in [1.165, 1.54) is 21.3 Å². The van der Waals surface area contributed by atoms with Crippen molar-refractivity contribution < 1.29 is 0 Å². The lowest BCUT2D eigenvalue weighted by Gasteiger charge is -2.11. The Morgan fingerprint density at radius 1 is 0.857 bits per heavy atom. The van der Waals surface area contributed by atoms with Gasteiger partial charge in [-0.2, -0.15) is 5.10 Å². The average Bonchev–Trinajstić information content (AvgIpc) is 3.32. The Labute approximate surface area is 168 Å². The summed E-state index contributed by atoms with van der Waals surface area (Å²) in [6.45, 7) is 0.920. The van der Waals surface area contributed by atoms with Crippen molar-refractivity contribution in [1.29, 1.82) is 0 Å². The van der Waals surface area contributed by atoms with E-state index in [0.717, 1.165) is 29.0 Å². The topological polar surface area (TPSA) is 15.6 Å². The molecule has 0 amide bonds. The molecule has 0 fully saturated rings. The first-order chi connectivity index (χ1) is 13.9. The fourth-order valence-electron chi connectivity index (χ4n) is 3.51. The predicted octanol–water partition coefficient (Wildman–Crippen LogP) is 5.70. The molecular weight excluding hydrogens is 360 g/mol. The highest BCUT2D eigenvalue weighted by molar-refractivity contribution is 7.20. The lowest BCUT2D eigenvalue weighted by Crippen LogP contribution is -2.12. The van der Waals surface area contributed by atoms with Gasteiger partial charge in [-0.1, -0.05) is 60.5 Å². The fourth-order valence-corrected chi connectivity index (χ4v) is 4.53. The van der Waals surface area contributed by atoms with Crippen LogP contribution in [-0.2, 0) is 6.42 Å². The molecule has 0 aliphatic carbocycles. The van der Waals surface area contributed by atoms with Crippen LogP contribution in [0.3, 0.4) is 0 Å². The van der Waals surface area contributed by atoms with Gasteiger partial charge in [0.1, 0.15) is 0 Å². The van der Waals surface area contributed by atoms with Crippen LogP contribution in [0.4, 0.5) is 5.69 Å². The van der Waals surface area contributed by atoms with E-state index in [4.69, 9.17) is 5.10 Å². The van der Waals surface area contributed by atoms with E-state index in [1.807, 2.05) is 36.5 Å². The van der Waals surface area contributed by atoms with Crippen molar-refractivity contribution in [3.63, 3.8) is 0 Å². The SMILES string of the molecule is C(#Cc1sc2ccccc2c1/C=N/N1CCc2ccccc21)c1ccccc1. The van der Waals surface area contributed by atoms with E-state index >= 15 is 0 Å². The second-order valence-corrected chi connectivity index (χ2v) is 7.76. The van der Waals surface area contributed by atoms with Crippen molar-refractivity contribution in [3.8, 4) is 11.8 Å². The summed E-state index contributed by atoms with van der Waals surface area (Å²) in [6.07, 6.45) is 3.02. The van der Waals surface area contributed by atoms with Gasteiger partial charge in [-0.3, -0.25) is 5.01 Å². The molecule has 28 heavy (non-hydrogen) atoms. The van der Waals surface area contributed by atoms with Crippen LogP contribution in [0.15, 0.2) is 84.0 Å². The molecule has 0 N–H and O–H groups in total. The average molecular weight is 379 g/mol. The number of nitrogens with zero attached hydrogens (tertiary/aromatic N) is 2. The van der Waals surface area contributed by atoms with Gasteiger partial charge in [0.05, 0.1) is 16.8 Å². The Morgan fingerprint density at radius 2 is 1.64 bits per heavy atom. The van der Waals surface area contributed by atoms with E-state index in [0.29, 0.717) is 0 Å². The van der Waals surface area contributed by atoms with Crippen molar-refractivity contribution >= 4 is 33.3 Å². The van der Waals surface area contributed by atoms with Gasteiger partial charge in [0.25, 0.3) is 0 Å². The molecule has 0 saturated carbocycles. The molecule has 5 rings (SSSR count). The highest BCUT2D eigenvalue weighted by atomic mass is 32.1. The Kier molecular flexibility index (Phi) is 4.40. The monoisotopic (exact) mass is 378 g/mol. The van der Waals surface area contributed by atoms with Gasteiger partial charge in [0.2, 0.25) is 0 Å². The first-order valence-electron chi connectivity index (χ1n) is 9.36. The summed E-state index contributed by atoms with van der Waals surface area (Å²) in [6, 6.07) is 27.1. The summed E-state index contributed by atoms with van der Waals surface area (Å²) >= 11 is 1.73.